The Morgan fingerprint density at radius 3 is 2.35 bits per heavy atom. The first kappa shape index (κ1) is 22.8. The van der Waals surface area contributed by atoms with Crippen LogP contribution in [0, 0.1) is 0 Å². The number of carbonyl (C=O) groups is 1. The van der Waals surface area contributed by atoms with Crippen LogP contribution in [0.5, 0.6) is 0 Å². The Hall–Kier alpha value is -2.87. The summed E-state index contributed by atoms with van der Waals surface area (Å²) < 4.78 is 43.7. The van der Waals surface area contributed by atoms with Crippen molar-refractivity contribution in [3.8, 4) is 11.4 Å². The van der Waals surface area contributed by atoms with E-state index in [4.69, 9.17) is 16.1 Å². The number of nitrogens with zero attached hydrogens (tertiary/aromatic N) is 3. The van der Waals surface area contributed by atoms with Gasteiger partial charge in [-0.3, -0.25) is 4.79 Å². The van der Waals surface area contributed by atoms with Gasteiger partial charge in [0.1, 0.15) is 0 Å². The molecule has 0 saturated carbocycles. The Kier molecular flexibility index (Phi) is 7.00. The van der Waals surface area contributed by atoms with E-state index in [0.29, 0.717) is 29.6 Å². The monoisotopic (exact) mass is 451 g/mol. The van der Waals surface area contributed by atoms with Crippen LogP contribution < -0.4 is 0 Å². The molecule has 31 heavy (non-hydrogen) atoms. The number of benzene rings is 2. The van der Waals surface area contributed by atoms with Crippen LogP contribution in [-0.4, -0.2) is 33.5 Å². The molecule has 0 saturated heterocycles. The number of halogens is 4. The molecule has 9 heteroatoms. The van der Waals surface area contributed by atoms with E-state index < -0.39 is 11.7 Å². The molecule has 0 aliphatic carbocycles. The van der Waals surface area contributed by atoms with Crippen molar-refractivity contribution in [2.75, 3.05) is 6.54 Å². The zero-order chi connectivity index (χ0) is 22.6. The second-order valence-electron chi connectivity index (χ2n) is 7.10. The minimum Gasteiger partial charge on any atom is -0.339 e. The summed E-state index contributed by atoms with van der Waals surface area (Å²) in [6, 6.07) is 11.1. The summed E-state index contributed by atoms with van der Waals surface area (Å²) >= 11 is 5.89. The van der Waals surface area contributed by atoms with Crippen molar-refractivity contribution in [3.63, 3.8) is 0 Å². The lowest BCUT2D eigenvalue weighted by Gasteiger charge is -2.28. The predicted octanol–water partition coefficient (Wildman–Crippen LogP) is 5.89. The second kappa shape index (κ2) is 9.51. The molecular weight excluding hydrogens is 431 g/mol. The fraction of sp³-hybridized carbons (Fsp3) is 0.318. The van der Waals surface area contributed by atoms with Crippen LogP contribution in [-0.2, 0) is 12.6 Å². The van der Waals surface area contributed by atoms with E-state index in [1.165, 1.54) is 12.1 Å². The highest BCUT2D eigenvalue weighted by atomic mass is 35.5. The Morgan fingerprint density at radius 1 is 1.13 bits per heavy atom. The van der Waals surface area contributed by atoms with E-state index in [9.17, 15) is 18.0 Å². The smallest absolute Gasteiger partial charge is 0.339 e. The van der Waals surface area contributed by atoms with Gasteiger partial charge in [0.15, 0.2) is 0 Å². The molecule has 1 aromatic heterocycles. The van der Waals surface area contributed by atoms with Gasteiger partial charge in [-0.2, -0.15) is 18.2 Å². The van der Waals surface area contributed by atoms with Crippen LogP contribution in [0.2, 0.25) is 5.02 Å². The van der Waals surface area contributed by atoms with Gasteiger partial charge in [-0.15, -0.1) is 0 Å². The molecule has 1 amide bonds. The number of hydrogen-bond acceptors (Lipinski definition) is 4. The summed E-state index contributed by atoms with van der Waals surface area (Å²) in [5, 5.41) is 4.55. The van der Waals surface area contributed by atoms with Crippen LogP contribution >= 0.6 is 11.6 Å². The summed E-state index contributed by atoms with van der Waals surface area (Å²) in [7, 11) is 0. The SMILES string of the molecule is CC[C@H](C)N(CCc1nc(-c2ccc(Cl)cc2)no1)C(=O)c1ccc(C(F)(F)F)cc1. The van der Waals surface area contributed by atoms with Crippen LogP contribution in [0.25, 0.3) is 11.4 Å². The Labute approximate surface area is 182 Å². The highest BCUT2D eigenvalue weighted by Crippen LogP contribution is 2.29. The van der Waals surface area contributed by atoms with Crippen molar-refractivity contribution in [1.29, 1.82) is 0 Å². The third kappa shape index (κ3) is 5.64. The van der Waals surface area contributed by atoms with Gasteiger partial charge in [0.2, 0.25) is 11.7 Å². The zero-order valence-electron chi connectivity index (χ0n) is 17.0. The van der Waals surface area contributed by atoms with E-state index in [1.54, 1.807) is 29.2 Å². The van der Waals surface area contributed by atoms with Gasteiger partial charge in [0.05, 0.1) is 5.56 Å². The second-order valence-corrected chi connectivity index (χ2v) is 7.54. The highest BCUT2D eigenvalue weighted by Gasteiger charge is 2.30. The molecule has 3 aromatic rings. The van der Waals surface area contributed by atoms with Gasteiger partial charge in [0.25, 0.3) is 5.91 Å². The topological polar surface area (TPSA) is 59.2 Å². The number of hydrogen-bond donors (Lipinski definition) is 0. The molecule has 164 valence electrons. The van der Waals surface area contributed by atoms with Crippen LogP contribution in [0.15, 0.2) is 53.1 Å². The fourth-order valence-electron chi connectivity index (χ4n) is 3.00. The normalized spacial score (nSPS) is 12.6. The predicted molar refractivity (Wildman–Crippen MR) is 111 cm³/mol. The lowest BCUT2D eigenvalue weighted by molar-refractivity contribution is -0.137. The van der Waals surface area contributed by atoms with Gasteiger partial charge >= 0.3 is 6.18 Å². The first-order valence-corrected chi connectivity index (χ1v) is 10.1. The molecule has 3 rings (SSSR count). The van der Waals surface area contributed by atoms with E-state index in [1.807, 2.05) is 13.8 Å². The number of aromatic nitrogens is 2. The van der Waals surface area contributed by atoms with Crippen molar-refractivity contribution in [3.05, 3.63) is 70.6 Å². The third-order valence-corrected chi connectivity index (χ3v) is 5.23. The van der Waals surface area contributed by atoms with E-state index >= 15 is 0 Å². The largest absolute Gasteiger partial charge is 0.416 e. The van der Waals surface area contributed by atoms with Crippen molar-refractivity contribution in [2.45, 2.75) is 38.9 Å². The van der Waals surface area contributed by atoms with Crippen LogP contribution in [0.1, 0.15) is 42.1 Å². The third-order valence-electron chi connectivity index (χ3n) is 4.98. The van der Waals surface area contributed by atoms with Crippen molar-refractivity contribution < 1.29 is 22.5 Å². The van der Waals surface area contributed by atoms with Gasteiger partial charge in [-0.1, -0.05) is 23.7 Å². The van der Waals surface area contributed by atoms with E-state index in [2.05, 4.69) is 10.1 Å². The fourth-order valence-corrected chi connectivity index (χ4v) is 3.12. The van der Waals surface area contributed by atoms with E-state index in [-0.39, 0.29) is 24.1 Å². The molecule has 0 spiro atoms. The number of rotatable bonds is 7. The van der Waals surface area contributed by atoms with Gasteiger partial charge in [0, 0.05) is 35.2 Å². The summed E-state index contributed by atoms with van der Waals surface area (Å²) in [6.07, 6.45) is -3.44. The lowest BCUT2D eigenvalue weighted by Crippen LogP contribution is -2.39. The molecule has 0 aliphatic rings. The molecule has 0 unspecified atom stereocenters. The zero-order valence-corrected chi connectivity index (χ0v) is 17.7. The molecule has 5 nitrogen and oxygen atoms in total. The molecule has 0 N–H and O–H groups in total. The maximum atomic E-state index is 13.0. The van der Waals surface area contributed by atoms with Gasteiger partial charge < -0.3 is 9.42 Å². The molecule has 0 fully saturated rings. The standard InChI is InChI=1S/C22H21ClF3N3O2/c1-3-14(2)29(21(30)16-4-8-17(9-5-16)22(24,25)26)13-12-19-27-20(28-31-19)15-6-10-18(23)11-7-15/h4-11,14H,3,12-13H2,1-2H3/t14-/m0/s1. The average Bonchev–Trinajstić information content (AvgIpc) is 3.22. The quantitative estimate of drug-likeness (QED) is 0.449. The van der Waals surface area contributed by atoms with Crippen LogP contribution in [0.3, 0.4) is 0 Å². The number of alkyl halides is 3. The molecule has 0 radical (unpaired) electrons. The first-order chi connectivity index (χ1) is 14.7. The maximum Gasteiger partial charge on any atom is 0.416 e. The minimum atomic E-state index is -4.45. The molecular formula is C22H21ClF3N3O2. The summed E-state index contributed by atoms with van der Waals surface area (Å²) in [5.74, 6) is 0.426. The molecule has 1 atom stereocenters. The minimum absolute atomic E-state index is 0.117. The Morgan fingerprint density at radius 2 is 1.77 bits per heavy atom. The maximum absolute atomic E-state index is 13.0. The summed E-state index contributed by atoms with van der Waals surface area (Å²) in [5.41, 5.74) is 0.152. The van der Waals surface area contributed by atoms with Crippen molar-refractivity contribution >= 4 is 17.5 Å². The lowest BCUT2D eigenvalue weighted by atomic mass is 10.1. The molecule has 0 bridgehead atoms. The summed E-state index contributed by atoms with van der Waals surface area (Å²) in [6.45, 7) is 4.11. The first-order valence-electron chi connectivity index (χ1n) is 9.75. The number of carbonyl (C=O) groups excluding carboxylic acids is 1. The van der Waals surface area contributed by atoms with Gasteiger partial charge in [-0.05, 0) is 61.9 Å². The summed E-state index contributed by atoms with van der Waals surface area (Å²) in [4.78, 5) is 18.9. The molecule has 1 heterocycles. The Bertz CT molecular complexity index is 1020. The van der Waals surface area contributed by atoms with Crippen LogP contribution in [0.4, 0.5) is 13.2 Å². The molecule has 0 aliphatic heterocycles. The van der Waals surface area contributed by atoms with Crippen molar-refractivity contribution in [2.24, 2.45) is 0 Å². The van der Waals surface area contributed by atoms with E-state index in [0.717, 1.165) is 17.7 Å². The Balaban J connectivity index is 1.72. The van der Waals surface area contributed by atoms with Gasteiger partial charge in [-0.25, -0.2) is 0 Å². The highest BCUT2D eigenvalue weighted by molar-refractivity contribution is 6.30. The molecule has 2 aromatic carbocycles. The number of amides is 1. The average molecular weight is 452 g/mol. The van der Waals surface area contributed by atoms with Crippen molar-refractivity contribution in [1.82, 2.24) is 15.0 Å².